The number of benzene rings is 2. The Morgan fingerprint density at radius 3 is 2.88 bits per heavy atom. The molecule has 3 aromatic rings. The summed E-state index contributed by atoms with van der Waals surface area (Å²) in [5.41, 5.74) is 1.58. The van der Waals surface area contributed by atoms with Crippen molar-refractivity contribution < 1.29 is 14.1 Å². The van der Waals surface area contributed by atoms with Gasteiger partial charge in [-0.1, -0.05) is 35.0 Å². The summed E-state index contributed by atoms with van der Waals surface area (Å²) in [4.78, 5) is 18.6. The minimum Gasteiger partial charge on any atom is -0.497 e. The molecule has 0 N–H and O–H groups in total. The van der Waals surface area contributed by atoms with E-state index in [-0.39, 0.29) is 11.8 Å². The van der Waals surface area contributed by atoms with Crippen LogP contribution in [0.15, 0.2) is 53.1 Å². The van der Waals surface area contributed by atoms with Gasteiger partial charge in [-0.3, -0.25) is 4.79 Å². The Morgan fingerprint density at radius 1 is 1.23 bits per heavy atom. The van der Waals surface area contributed by atoms with Crippen LogP contribution in [0, 0.1) is 0 Å². The van der Waals surface area contributed by atoms with Gasteiger partial charge in [0.05, 0.1) is 13.0 Å². The van der Waals surface area contributed by atoms with Crippen molar-refractivity contribution in [1.29, 1.82) is 0 Å². The summed E-state index contributed by atoms with van der Waals surface area (Å²) in [6.07, 6.45) is 0.326. The molecule has 1 saturated heterocycles. The molecule has 6 nitrogen and oxygen atoms in total. The maximum Gasteiger partial charge on any atom is 0.232 e. The number of hydrogen-bond acceptors (Lipinski definition) is 5. The third kappa shape index (κ3) is 3.15. The lowest BCUT2D eigenvalue weighted by Gasteiger charge is -2.16. The lowest BCUT2D eigenvalue weighted by atomic mass is 10.1. The molecular weight excluding hydrogens is 354 g/mol. The fourth-order valence-electron chi connectivity index (χ4n) is 3.05. The number of halogens is 1. The van der Waals surface area contributed by atoms with Crippen LogP contribution < -0.4 is 9.64 Å². The van der Waals surface area contributed by atoms with E-state index in [9.17, 15) is 4.79 Å². The maximum atomic E-state index is 12.4. The summed E-state index contributed by atoms with van der Waals surface area (Å²) < 4.78 is 10.6. The maximum absolute atomic E-state index is 12.4. The van der Waals surface area contributed by atoms with E-state index in [1.165, 1.54) is 0 Å². The van der Waals surface area contributed by atoms with Gasteiger partial charge in [-0.15, -0.1) is 0 Å². The summed E-state index contributed by atoms with van der Waals surface area (Å²) in [6, 6.07) is 14.7. The van der Waals surface area contributed by atoms with Gasteiger partial charge in [0.2, 0.25) is 17.6 Å². The first-order chi connectivity index (χ1) is 12.6. The van der Waals surface area contributed by atoms with Crippen molar-refractivity contribution in [3.05, 3.63) is 59.4 Å². The van der Waals surface area contributed by atoms with Crippen LogP contribution in [-0.2, 0) is 4.79 Å². The van der Waals surface area contributed by atoms with Gasteiger partial charge in [0.25, 0.3) is 0 Å². The molecule has 7 heteroatoms. The number of aromatic nitrogens is 2. The summed E-state index contributed by atoms with van der Waals surface area (Å²) in [6.45, 7) is 0.485. The zero-order valence-corrected chi connectivity index (χ0v) is 14.8. The molecule has 1 unspecified atom stereocenters. The van der Waals surface area contributed by atoms with Gasteiger partial charge in [-0.25, -0.2) is 0 Å². The van der Waals surface area contributed by atoms with E-state index in [0.29, 0.717) is 29.7 Å². The lowest BCUT2D eigenvalue weighted by Crippen LogP contribution is -2.24. The number of ether oxygens (including phenoxy) is 1. The van der Waals surface area contributed by atoms with Crippen molar-refractivity contribution in [3.63, 3.8) is 0 Å². The van der Waals surface area contributed by atoms with Crippen molar-refractivity contribution in [2.24, 2.45) is 0 Å². The van der Waals surface area contributed by atoms with Crippen LogP contribution in [-0.4, -0.2) is 29.7 Å². The Kier molecular flexibility index (Phi) is 4.34. The van der Waals surface area contributed by atoms with E-state index in [1.54, 1.807) is 24.1 Å². The molecule has 1 aliphatic rings. The first kappa shape index (κ1) is 16.6. The number of rotatable bonds is 4. The van der Waals surface area contributed by atoms with Gasteiger partial charge in [-0.2, -0.15) is 4.98 Å². The second-order valence-electron chi connectivity index (χ2n) is 6.07. The molecular formula is C19H16ClN3O3. The standard InChI is InChI=1S/C19H16ClN3O3/c1-25-16-7-2-4-12(8-16)18-21-19(26-22-18)13-9-17(24)23(11-13)15-6-3-5-14(20)10-15/h2-8,10,13H,9,11H2,1H3. The van der Waals surface area contributed by atoms with E-state index >= 15 is 0 Å². The topological polar surface area (TPSA) is 68.5 Å². The Balaban J connectivity index is 1.56. The largest absolute Gasteiger partial charge is 0.497 e. The molecule has 0 aliphatic carbocycles. The number of methoxy groups -OCH3 is 1. The van der Waals surface area contributed by atoms with E-state index in [1.807, 2.05) is 36.4 Å². The predicted octanol–water partition coefficient (Wildman–Crippen LogP) is 3.92. The van der Waals surface area contributed by atoms with Gasteiger partial charge in [0, 0.05) is 29.2 Å². The highest BCUT2D eigenvalue weighted by Gasteiger charge is 2.35. The molecule has 2 aromatic carbocycles. The summed E-state index contributed by atoms with van der Waals surface area (Å²) in [7, 11) is 1.61. The minimum atomic E-state index is -0.145. The highest BCUT2D eigenvalue weighted by atomic mass is 35.5. The number of amides is 1. The van der Waals surface area contributed by atoms with Crippen LogP contribution in [0.25, 0.3) is 11.4 Å². The van der Waals surface area contributed by atoms with Crippen molar-refractivity contribution in [1.82, 2.24) is 10.1 Å². The Hall–Kier alpha value is -2.86. The first-order valence-electron chi connectivity index (χ1n) is 8.18. The third-order valence-electron chi connectivity index (χ3n) is 4.36. The Labute approximate surface area is 155 Å². The quantitative estimate of drug-likeness (QED) is 0.697. The Bertz CT molecular complexity index is 956. The molecule has 1 aliphatic heterocycles. The summed E-state index contributed by atoms with van der Waals surface area (Å²) in [5, 5.41) is 4.65. The molecule has 1 amide bonds. The van der Waals surface area contributed by atoms with Crippen LogP contribution in [0.3, 0.4) is 0 Å². The van der Waals surface area contributed by atoms with Crippen LogP contribution in [0.5, 0.6) is 5.75 Å². The molecule has 0 bridgehead atoms. The fraction of sp³-hybridized carbons (Fsp3) is 0.211. The van der Waals surface area contributed by atoms with Gasteiger partial charge in [-0.05, 0) is 30.3 Å². The normalized spacial score (nSPS) is 16.9. The molecule has 1 fully saturated rings. The van der Waals surface area contributed by atoms with Crippen molar-refractivity contribution in [3.8, 4) is 17.1 Å². The molecule has 26 heavy (non-hydrogen) atoms. The Morgan fingerprint density at radius 2 is 2.08 bits per heavy atom. The molecule has 1 aromatic heterocycles. The van der Waals surface area contributed by atoms with Crippen LogP contribution in [0.4, 0.5) is 5.69 Å². The average molecular weight is 370 g/mol. The van der Waals surface area contributed by atoms with E-state index in [0.717, 1.165) is 17.0 Å². The van der Waals surface area contributed by atoms with Crippen LogP contribution in [0.1, 0.15) is 18.2 Å². The lowest BCUT2D eigenvalue weighted by molar-refractivity contribution is -0.117. The van der Waals surface area contributed by atoms with Gasteiger partial charge in [0.15, 0.2) is 0 Å². The van der Waals surface area contributed by atoms with E-state index < -0.39 is 0 Å². The number of carbonyl (C=O) groups excluding carboxylic acids is 1. The molecule has 0 radical (unpaired) electrons. The van der Waals surface area contributed by atoms with Crippen molar-refractivity contribution in [2.45, 2.75) is 12.3 Å². The smallest absolute Gasteiger partial charge is 0.232 e. The summed E-state index contributed by atoms with van der Waals surface area (Å²) >= 11 is 6.03. The van der Waals surface area contributed by atoms with Crippen LogP contribution >= 0.6 is 11.6 Å². The van der Waals surface area contributed by atoms with Gasteiger partial charge < -0.3 is 14.2 Å². The fourth-order valence-corrected chi connectivity index (χ4v) is 3.23. The first-order valence-corrected chi connectivity index (χ1v) is 8.56. The second kappa shape index (κ2) is 6.80. The van der Waals surface area contributed by atoms with Gasteiger partial charge >= 0.3 is 0 Å². The van der Waals surface area contributed by atoms with E-state index in [2.05, 4.69) is 10.1 Å². The average Bonchev–Trinajstić information content (AvgIpc) is 3.28. The molecule has 0 saturated carbocycles. The monoisotopic (exact) mass is 369 g/mol. The molecule has 4 rings (SSSR count). The number of anilines is 1. The zero-order chi connectivity index (χ0) is 18.1. The minimum absolute atomic E-state index is 0.0124. The predicted molar refractivity (Wildman–Crippen MR) is 97.4 cm³/mol. The van der Waals surface area contributed by atoms with E-state index in [4.69, 9.17) is 20.9 Å². The van der Waals surface area contributed by atoms with Gasteiger partial charge in [0.1, 0.15) is 5.75 Å². The highest BCUT2D eigenvalue weighted by Crippen LogP contribution is 2.33. The number of carbonyl (C=O) groups is 1. The third-order valence-corrected chi connectivity index (χ3v) is 4.60. The number of hydrogen-bond donors (Lipinski definition) is 0. The zero-order valence-electron chi connectivity index (χ0n) is 14.1. The number of nitrogens with zero attached hydrogens (tertiary/aromatic N) is 3. The molecule has 1 atom stereocenters. The molecule has 2 heterocycles. The molecule has 132 valence electrons. The van der Waals surface area contributed by atoms with Crippen molar-refractivity contribution in [2.75, 3.05) is 18.6 Å². The molecule has 0 spiro atoms. The second-order valence-corrected chi connectivity index (χ2v) is 6.51. The summed E-state index contributed by atoms with van der Waals surface area (Å²) in [5.74, 6) is 1.53. The van der Waals surface area contributed by atoms with Crippen LogP contribution in [0.2, 0.25) is 5.02 Å². The van der Waals surface area contributed by atoms with Crippen molar-refractivity contribution >= 4 is 23.2 Å². The SMILES string of the molecule is COc1cccc(-c2noc(C3CC(=O)N(c4cccc(Cl)c4)C3)n2)c1. The highest BCUT2D eigenvalue weighted by molar-refractivity contribution is 6.30.